The summed E-state index contributed by atoms with van der Waals surface area (Å²) in [5.41, 5.74) is 1.95. The number of sulfonamides is 1. The minimum atomic E-state index is -3.66. The highest BCUT2D eigenvalue weighted by atomic mass is 32.2. The van der Waals surface area contributed by atoms with Crippen LogP contribution in [0.1, 0.15) is 35.2 Å². The Kier molecular flexibility index (Phi) is 6.63. The zero-order valence-electron chi connectivity index (χ0n) is 17.9. The van der Waals surface area contributed by atoms with Gasteiger partial charge in [-0.05, 0) is 55.9 Å². The van der Waals surface area contributed by atoms with Crippen molar-refractivity contribution in [2.45, 2.75) is 36.3 Å². The molecule has 0 unspecified atom stereocenters. The summed E-state index contributed by atoms with van der Waals surface area (Å²) in [6, 6.07) is 11.8. The average molecular weight is 473 g/mol. The van der Waals surface area contributed by atoms with Crippen molar-refractivity contribution in [3.05, 3.63) is 53.6 Å². The van der Waals surface area contributed by atoms with Crippen LogP contribution in [-0.2, 0) is 10.0 Å². The Hall–Kier alpha value is -2.69. The largest absolute Gasteiger partial charge is 0.411 e. The van der Waals surface area contributed by atoms with Gasteiger partial charge >= 0.3 is 0 Å². The van der Waals surface area contributed by atoms with E-state index >= 15 is 0 Å². The second-order valence-electron chi connectivity index (χ2n) is 7.52. The van der Waals surface area contributed by atoms with Crippen molar-refractivity contribution < 1.29 is 17.6 Å². The van der Waals surface area contributed by atoms with E-state index < -0.39 is 15.9 Å². The number of nitrogens with zero attached hydrogens (tertiary/aromatic N) is 3. The second-order valence-corrected chi connectivity index (χ2v) is 10.2. The Morgan fingerprint density at radius 1 is 1.09 bits per heavy atom. The lowest BCUT2D eigenvalue weighted by molar-refractivity contribution is 0.102. The number of benzene rings is 2. The molecule has 0 atom stereocenters. The van der Waals surface area contributed by atoms with Gasteiger partial charge in [0.2, 0.25) is 10.0 Å². The number of anilines is 1. The van der Waals surface area contributed by atoms with Gasteiger partial charge in [-0.25, -0.2) is 8.42 Å². The van der Waals surface area contributed by atoms with E-state index in [2.05, 4.69) is 15.5 Å². The van der Waals surface area contributed by atoms with E-state index in [1.54, 1.807) is 37.3 Å². The van der Waals surface area contributed by atoms with E-state index in [-0.39, 0.29) is 10.5 Å². The summed E-state index contributed by atoms with van der Waals surface area (Å²) in [4.78, 5) is 13.2. The summed E-state index contributed by atoms with van der Waals surface area (Å²) in [6.07, 6.45) is 4.57. The maximum Gasteiger partial charge on any atom is 0.276 e. The molecule has 10 heteroatoms. The molecule has 1 amide bonds. The number of aryl methyl sites for hydroxylation is 1. The second kappa shape index (κ2) is 9.43. The van der Waals surface area contributed by atoms with E-state index in [9.17, 15) is 13.2 Å². The quantitative estimate of drug-likeness (QED) is 0.536. The van der Waals surface area contributed by atoms with Gasteiger partial charge in [-0.2, -0.15) is 4.31 Å². The van der Waals surface area contributed by atoms with Crippen LogP contribution in [0, 0.1) is 6.92 Å². The normalized spacial score (nSPS) is 14.9. The molecule has 1 fully saturated rings. The van der Waals surface area contributed by atoms with Crippen molar-refractivity contribution >= 4 is 33.4 Å². The third-order valence-electron chi connectivity index (χ3n) is 5.37. The highest BCUT2D eigenvalue weighted by Gasteiger charge is 2.28. The van der Waals surface area contributed by atoms with Gasteiger partial charge in [-0.3, -0.25) is 4.79 Å². The number of hydrogen-bond donors (Lipinski definition) is 1. The predicted molar refractivity (Wildman–Crippen MR) is 123 cm³/mol. The summed E-state index contributed by atoms with van der Waals surface area (Å²) in [5, 5.41) is 11.3. The smallest absolute Gasteiger partial charge is 0.276 e. The number of para-hydroxylation sites is 1. The molecule has 2 heterocycles. The van der Waals surface area contributed by atoms with Gasteiger partial charge in [0.25, 0.3) is 17.0 Å². The van der Waals surface area contributed by atoms with Gasteiger partial charge in [0.05, 0.1) is 16.1 Å². The average Bonchev–Trinajstić information content (AvgIpc) is 3.29. The monoisotopic (exact) mass is 472 g/mol. The maximum absolute atomic E-state index is 13.2. The van der Waals surface area contributed by atoms with Crippen molar-refractivity contribution in [1.29, 1.82) is 0 Å². The molecule has 2 aromatic carbocycles. The van der Waals surface area contributed by atoms with Crippen LogP contribution in [0.2, 0.25) is 0 Å². The van der Waals surface area contributed by atoms with Crippen LogP contribution in [0.25, 0.3) is 11.5 Å². The molecule has 1 N–H and O–H groups in total. The molecule has 1 saturated heterocycles. The van der Waals surface area contributed by atoms with Crippen molar-refractivity contribution in [1.82, 2.24) is 14.5 Å². The summed E-state index contributed by atoms with van der Waals surface area (Å²) >= 11 is 1.33. The third-order valence-corrected chi connectivity index (χ3v) is 7.92. The van der Waals surface area contributed by atoms with Crippen LogP contribution in [0.15, 0.2) is 57.0 Å². The SMILES string of the molecule is CSc1nnc(-c2ccccc2NC(=O)c2ccc(C)c(S(=O)(=O)N3CCCCC3)c2)o1. The van der Waals surface area contributed by atoms with Crippen LogP contribution < -0.4 is 5.32 Å². The molecule has 8 nitrogen and oxygen atoms in total. The zero-order chi connectivity index (χ0) is 22.7. The molecule has 4 rings (SSSR count). The van der Waals surface area contributed by atoms with Crippen LogP contribution in [0.3, 0.4) is 0 Å². The fourth-order valence-electron chi connectivity index (χ4n) is 3.64. The molecule has 0 radical (unpaired) electrons. The molecule has 0 bridgehead atoms. The van der Waals surface area contributed by atoms with Crippen LogP contribution >= 0.6 is 11.8 Å². The number of carbonyl (C=O) groups excluding carboxylic acids is 1. The third kappa shape index (κ3) is 4.57. The first-order chi connectivity index (χ1) is 15.4. The number of hydrogen-bond acceptors (Lipinski definition) is 7. The van der Waals surface area contributed by atoms with Crippen molar-refractivity contribution in [3.63, 3.8) is 0 Å². The molecule has 32 heavy (non-hydrogen) atoms. The minimum absolute atomic E-state index is 0.168. The number of piperidine rings is 1. The van der Waals surface area contributed by atoms with Gasteiger partial charge in [0.15, 0.2) is 0 Å². The lowest BCUT2D eigenvalue weighted by Crippen LogP contribution is -2.36. The Bertz CT molecular complexity index is 1230. The van der Waals surface area contributed by atoms with Crippen LogP contribution in [-0.4, -0.2) is 48.2 Å². The number of rotatable bonds is 6. The number of nitrogens with one attached hydrogen (secondary N) is 1. The molecule has 0 aliphatic carbocycles. The molecule has 168 valence electrons. The maximum atomic E-state index is 13.2. The summed E-state index contributed by atoms with van der Waals surface area (Å²) in [7, 11) is -3.66. The van der Waals surface area contributed by atoms with E-state index in [1.807, 2.05) is 12.3 Å². The molecule has 0 saturated carbocycles. The fourth-order valence-corrected chi connectivity index (χ4v) is 5.69. The summed E-state index contributed by atoms with van der Waals surface area (Å²) in [6.45, 7) is 2.76. The molecule has 3 aromatic rings. The van der Waals surface area contributed by atoms with Crippen molar-refractivity contribution in [2.75, 3.05) is 24.7 Å². The standard InChI is InChI=1S/C22H24N4O4S2/c1-15-10-11-16(14-19(15)32(28,29)26-12-6-3-7-13-26)20(27)23-18-9-5-4-8-17(18)21-24-25-22(30-21)31-2/h4-5,8-11,14H,3,6-7,12-13H2,1-2H3,(H,23,27). The Balaban J connectivity index is 1.62. The number of amides is 1. The first kappa shape index (κ1) is 22.5. The topological polar surface area (TPSA) is 105 Å². The molecule has 1 aliphatic heterocycles. The van der Waals surface area contributed by atoms with Crippen molar-refractivity contribution in [2.24, 2.45) is 0 Å². The fraction of sp³-hybridized carbons (Fsp3) is 0.318. The molecule has 1 aliphatic rings. The summed E-state index contributed by atoms with van der Waals surface area (Å²) in [5.74, 6) is -0.125. The highest BCUT2D eigenvalue weighted by molar-refractivity contribution is 7.98. The number of thioether (sulfide) groups is 1. The molecule has 1 aromatic heterocycles. The van der Waals surface area contributed by atoms with E-state index in [0.717, 1.165) is 19.3 Å². The highest BCUT2D eigenvalue weighted by Crippen LogP contribution is 2.29. The number of aromatic nitrogens is 2. The summed E-state index contributed by atoms with van der Waals surface area (Å²) < 4.78 is 33.5. The number of carbonyl (C=O) groups is 1. The zero-order valence-corrected chi connectivity index (χ0v) is 19.5. The van der Waals surface area contributed by atoms with E-state index in [4.69, 9.17) is 4.42 Å². The molecule has 0 spiro atoms. The van der Waals surface area contributed by atoms with E-state index in [0.29, 0.717) is 41.0 Å². The van der Waals surface area contributed by atoms with Crippen molar-refractivity contribution in [3.8, 4) is 11.5 Å². The van der Waals surface area contributed by atoms with Gasteiger partial charge in [-0.15, -0.1) is 10.2 Å². The van der Waals surface area contributed by atoms with Crippen LogP contribution in [0.4, 0.5) is 5.69 Å². The van der Waals surface area contributed by atoms with Gasteiger partial charge in [-0.1, -0.05) is 36.4 Å². The van der Waals surface area contributed by atoms with Crippen LogP contribution in [0.5, 0.6) is 0 Å². The predicted octanol–water partition coefficient (Wildman–Crippen LogP) is 4.19. The lowest BCUT2D eigenvalue weighted by atomic mass is 10.1. The molecular weight excluding hydrogens is 448 g/mol. The van der Waals surface area contributed by atoms with E-state index in [1.165, 1.54) is 22.1 Å². The van der Waals surface area contributed by atoms with Gasteiger partial charge in [0, 0.05) is 18.7 Å². The van der Waals surface area contributed by atoms with Gasteiger partial charge < -0.3 is 9.73 Å². The Labute approximate surface area is 191 Å². The lowest BCUT2D eigenvalue weighted by Gasteiger charge is -2.26. The minimum Gasteiger partial charge on any atom is -0.411 e. The van der Waals surface area contributed by atoms with Gasteiger partial charge in [0.1, 0.15) is 0 Å². The molecular formula is C22H24N4O4S2. The Morgan fingerprint density at radius 3 is 2.56 bits per heavy atom. The Morgan fingerprint density at radius 2 is 1.84 bits per heavy atom. The first-order valence-electron chi connectivity index (χ1n) is 10.3. The first-order valence-corrected chi connectivity index (χ1v) is 13.0.